The van der Waals surface area contributed by atoms with Crippen LogP contribution in [-0.4, -0.2) is 118 Å². The number of fused-ring (bicyclic) bond motifs is 1. The van der Waals surface area contributed by atoms with Crippen LogP contribution < -0.4 is 19.6 Å². The fourth-order valence-corrected chi connectivity index (χ4v) is 5.15. The molecule has 10 atom stereocenters. The highest BCUT2D eigenvalue weighted by atomic mass is 16.8. The molecule has 2 aromatic carbocycles. The fraction of sp³-hybridized carbons (Fsp3) is 0.483. The second-order valence-corrected chi connectivity index (χ2v) is 10.4. The van der Waals surface area contributed by atoms with Crippen LogP contribution in [0.25, 0.3) is 22.3 Å². The largest absolute Gasteiger partial charge is 0.504 e. The summed E-state index contributed by atoms with van der Waals surface area (Å²) in [4.78, 5) is 13.1. The van der Waals surface area contributed by atoms with Gasteiger partial charge in [0.2, 0.25) is 12.0 Å². The lowest BCUT2D eigenvalue weighted by molar-refractivity contribution is -0.354. The molecule has 15 heteroatoms. The summed E-state index contributed by atoms with van der Waals surface area (Å²) in [5.41, 5.74) is -0.171. The summed E-state index contributed by atoms with van der Waals surface area (Å²) < 4.78 is 39.2. The third kappa shape index (κ3) is 5.81. The molecular weight excluding hydrogens is 588 g/mol. The Morgan fingerprint density at radius 1 is 0.841 bits per heavy atom. The van der Waals surface area contributed by atoms with Crippen LogP contribution in [0.15, 0.2) is 45.6 Å². The minimum absolute atomic E-state index is 0.110. The minimum atomic E-state index is -1.79. The molecule has 240 valence electrons. The molecule has 44 heavy (non-hydrogen) atoms. The van der Waals surface area contributed by atoms with E-state index < -0.39 is 79.2 Å². The highest BCUT2D eigenvalue weighted by Crippen LogP contribution is 2.44. The highest BCUT2D eigenvalue weighted by Gasteiger charge is 2.51. The van der Waals surface area contributed by atoms with Crippen LogP contribution in [0, 0.1) is 0 Å². The minimum Gasteiger partial charge on any atom is -0.504 e. The molecule has 0 aliphatic carbocycles. The van der Waals surface area contributed by atoms with Gasteiger partial charge in [-0.3, -0.25) is 4.79 Å². The molecular formula is C29H34O15. The van der Waals surface area contributed by atoms with Crippen molar-refractivity contribution < 1.29 is 68.6 Å². The molecule has 2 fully saturated rings. The van der Waals surface area contributed by atoms with E-state index in [0.29, 0.717) is 11.3 Å². The van der Waals surface area contributed by atoms with Crippen LogP contribution in [0.2, 0.25) is 0 Å². The summed E-state index contributed by atoms with van der Waals surface area (Å²) in [6.07, 6.45) is -15.6. The molecule has 1 aromatic heterocycles. The number of aromatic hydroxyl groups is 1. The van der Waals surface area contributed by atoms with Crippen molar-refractivity contribution in [2.45, 2.75) is 68.3 Å². The van der Waals surface area contributed by atoms with Crippen molar-refractivity contribution in [2.75, 3.05) is 20.8 Å². The van der Waals surface area contributed by atoms with Gasteiger partial charge >= 0.3 is 0 Å². The number of phenols is 1. The van der Waals surface area contributed by atoms with Gasteiger partial charge in [-0.05, 0) is 31.2 Å². The number of aliphatic hydroxyl groups is 6. The van der Waals surface area contributed by atoms with Crippen molar-refractivity contribution in [3.8, 4) is 34.3 Å². The van der Waals surface area contributed by atoms with E-state index >= 15 is 0 Å². The topological polar surface area (TPSA) is 227 Å². The Morgan fingerprint density at radius 3 is 2.18 bits per heavy atom. The van der Waals surface area contributed by atoms with Crippen LogP contribution in [-0.2, 0) is 14.2 Å². The van der Waals surface area contributed by atoms with Gasteiger partial charge in [-0.2, -0.15) is 0 Å². The average molecular weight is 623 g/mol. The van der Waals surface area contributed by atoms with Crippen molar-refractivity contribution in [1.82, 2.24) is 0 Å². The van der Waals surface area contributed by atoms with Crippen molar-refractivity contribution in [1.29, 1.82) is 0 Å². The molecule has 2 aliphatic heterocycles. The summed E-state index contributed by atoms with van der Waals surface area (Å²) in [5.74, 6) is -0.446. The zero-order chi connectivity index (χ0) is 31.9. The lowest BCUT2D eigenvalue weighted by Gasteiger charge is -2.45. The van der Waals surface area contributed by atoms with Gasteiger partial charge < -0.3 is 68.6 Å². The lowest BCUT2D eigenvalue weighted by Crippen LogP contribution is -2.64. The van der Waals surface area contributed by atoms with Gasteiger partial charge in [0.15, 0.2) is 29.3 Å². The Kier molecular flexibility index (Phi) is 9.31. The molecule has 7 N–H and O–H groups in total. The van der Waals surface area contributed by atoms with Crippen LogP contribution >= 0.6 is 0 Å². The maximum atomic E-state index is 13.1. The number of ether oxygens (including phenoxy) is 6. The molecule has 0 bridgehead atoms. The first-order chi connectivity index (χ1) is 21.0. The van der Waals surface area contributed by atoms with E-state index in [-0.39, 0.29) is 28.2 Å². The van der Waals surface area contributed by atoms with Crippen LogP contribution in [0.1, 0.15) is 6.92 Å². The Labute approximate surface area is 249 Å². The third-order valence-electron chi connectivity index (χ3n) is 7.66. The van der Waals surface area contributed by atoms with E-state index in [9.17, 15) is 40.5 Å². The predicted octanol–water partition coefficient (Wildman–Crippen LogP) is -0.787. The Morgan fingerprint density at radius 2 is 1.55 bits per heavy atom. The van der Waals surface area contributed by atoms with Gasteiger partial charge in [-0.15, -0.1) is 0 Å². The molecule has 10 unspecified atom stereocenters. The molecule has 2 aliphatic rings. The molecule has 0 saturated carbocycles. The maximum Gasteiger partial charge on any atom is 0.229 e. The number of benzene rings is 2. The fourth-order valence-electron chi connectivity index (χ4n) is 5.15. The van der Waals surface area contributed by atoms with Gasteiger partial charge in [-0.1, -0.05) is 0 Å². The van der Waals surface area contributed by atoms with Crippen molar-refractivity contribution in [3.05, 3.63) is 46.6 Å². The Hall–Kier alpha value is -3.51. The van der Waals surface area contributed by atoms with Crippen molar-refractivity contribution in [3.63, 3.8) is 0 Å². The van der Waals surface area contributed by atoms with Gasteiger partial charge in [0.1, 0.15) is 59.1 Å². The second kappa shape index (κ2) is 12.8. The molecule has 2 saturated heterocycles. The van der Waals surface area contributed by atoms with Gasteiger partial charge in [0.05, 0.1) is 26.9 Å². The smallest absolute Gasteiger partial charge is 0.229 e. The van der Waals surface area contributed by atoms with E-state index in [1.807, 2.05) is 0 Å². The summed E-state index contributed by atoms with van der Waals surface area (Å²) >= 11 is 0. The van der Waals surface area contributed by atoms with E-state index in [4.69, 9.17) is 32.8 Å². The van der Waals surface area contributed by atoms with E-state index in [1.54, 1.807) is 24.3 Å². The standard InChI is InChI=1S/C29H34O15/c1-11-20(32)23(35)25(37)28(40-11)44-27-24(36)21(33)18(10-30)43-29(27)42-17-9-16-19(22(34)26(17)39-3)14(31)8-15(41-16)12-4-6-13(38-2)7-5-12/h4-9,11,18,20-21,23-25,27-30,32-37H,10H2,1-3H3. The first-order valence-electron chi connectivity index (χ1n) is 13.7. The zero-order valence-electron chi connectivity index (χ0n) is 23.8. The van der Waals surface area contributed by atoms with Crippen LogP contribution in [0.5, 0.6) is 23.0 Å². The molecule has 5 rings (SSSR count). The van der Waals surface area contributed by atoms with E-state index in [2.05, 4.69) is 0 Å². The van der Waals surface area contributed by atoms with Gasteiger partial charge in [-0.25, -0.2) is 0 Å². The Bertz CT molecular complexity index is 1510. The van der Waals surface area contributed by atoms with E-state index in [0.717, 1.165) is 0 Å². The molecule has 0 radical (unpaired) electrons. The van der Waals surface area contributed by atoms with Crippen molar-refractivity contribution >= 4 is 11.0 Å². The van der Waals surface area contributed by atoms with Crippen molar-refractivity contribution in [2.24, 2.45) is 0 Å². The van der Waals surface area contributed by atoms with E-state index in [1.165, 1.54) is 33.3 Å². The number of hydrogen-bond acceptors (Lipinski definition) is 15. The molecule has 0 amide bonds. The van der Waals surface area contributed by atoms with Crippen LogP contribution in [0.4, 0.5) is 0 Å². The third-order valence-corrected chi connectivity index (χ3v) is 7.66. The first-order valence-corrected chi connectivity index (χ1v) is 13.7. The normalized spacial score (nSPS) is 32.4. The number of hydrogen-bond donors (Lipinski definition) is 7. The summed E-state index contributed by atoms with van der Waals surface area (Å²) in [6.45, 7) is 0.681. The summed E-state index contributed by atoms with van der Waals surface area (Å²) in [6, 6.07) is 9.12. The number of aliphatic hydroxyl groups excluding tert-OH is 6. The zero-order valence-corrected chi connectivity index (χ0v) is 23.8. The van der Waals surface area contributed by atoms with Crippen LogP contribution in [0.3, 0.4) is 0 Å². The Balaban J connectivity index is 1.53. The first kappa shape index (κ1) is 31.9. The predicted molar refractivity (Wildman–Crippen MR) is 148 cm³/mol. The second-order valence-electron chi connectivity index (χ2n) is 10.4. The number of phenolic OH excluding ortho intramolecular Hbond substituents is 1. The highest BCUT2D eigenvalue weighted by molar-refractivity contribution is 5.89. The lowest BCUT2D eigenvalue weighted by atomic mass is 9.97. The molecule has 0 spiro atoms. The maximum absolute atomic E-state index is 13.1. The molecule has 3 aromatic rings. The summed E-state index contributed by atoms with van der Waals surface area (Å²) in [5, 5.41) is 72.7. The van der Waals surface area contributed by atoms with Gasteiger partial charge in [0, 0.05) is 17.7 Å². The molecule has 3 heterocycles. The summed E-state index contributed by atoms with van der Waals surface area (Å²) in [7, 11) is 2.71. The quantitative estimate of drug-likeness (QED) is 0.163. The average Bonchev–Trinajstić information content (AvgIpc) is 3.01. The SMILES string of the molecule is COc1ccc(-c2cc(=O)c3c(O)c(OC)c(OC4OC(CO)C(O)C(O)C4OC4OC(C)C(O)C(O)C4O)cc3o2)cc1. The molecule has 15 nitrogen and oxygen atoms in total. The number of methoxy groups -OCH3 is 2. The number of rotatable bonds is 8. The van der Waals surface area contributed by atoms with Gasteiger partial charge in [0.25, 0.3) is 0 Å². The monoisotopic (exact) mass is 622 g/mol.